The van der Waals surface area contributed by atoms with Crippen LogP contribution in [0.4, 0.5) is 11.4 Å². The minimum Gasteiger partial charge on any atom is -0.393 e. The first-order valence-corrected chi connectivity index (χ1v) is 6.09. The second kappa shape index (κ2) is 5.55. The summed E-state index contributed by atoms with van der Waals surface area (Å²) in [5.74, 6) is -0.635. The third-order valence-electron chi connectivity index (χ3n) is 3.09. The minimum absolute atomic E-state index is 0.0563. The Labute approximate surface area is 114 Å². The molecule has 0 saturated carbocycles. The lowest BCUT2D eigenvalue weighted by molar-refractivity contribution is -0.384. The molecule has 20 heavy (non-hydrogen) atoms. The van der Waals surface area contributed by atoms with E-state index in [4.69, 9.17) is 5.73 Å². The van der Waals surface area contributed by atoms with Gasteiger partial charge in [-0.3, -0.25) is 19.7 Å². The van der Waals surface area contributed by atoms with Gasteiger partial charge in [0.15, 0.2) is 0 Å². The molecule has 1 aliphatic rings. The highest BCUT2D eigenvalue weighted by Gasteiger charge is 2.25. The average molecular weight is 278 g/mol. The maximum atomic E-state index is 12.0. The Kier molecular flexibility index (Phi) is 3.83. The van der Waals surface area contributed by atoms with Crippen molar-refractivity contribution in [2.75, 3.05) is 12.3 Å². The molecule has 1 aromatic carbocycles. The molecule has 0 aromatic heterocycles. The van der Waals surface area contributed by atoms with E-state index in [2.05, 4.69) is 10.6 Å². The molecular formula is C12H14N4O4. The lowest BCUT2D eigenvalue weighted by atomic mass is 10.1. The van der Waals surface area contributed by atoms with Gasteiger partial charge in [0.2, 0.25) is 5.91 Å². The van der Waals surface area contributed by atoms with E-state index in [1.807, 2.05) is 0 Å². The molecule has 0 bridgehead atoms. The number of benzene rings is 1. The maximum Gasteiger partial charge on any atom is 0.304 e. The number of rotatable bonds is 4. The van der Waals surface area contributed by atoms with Gasteiger partial charge in [0.05, 0.1) is 4.92 Å². The van der Waals surface area contributed by atoms with Gasteiger partial charge in [-0.05, 0) is 18.6 Å². The molecule has 2 amide bonds. The molecule has 1 unspecified atom stereocenters. The van der Waals surface area contributed by atoms with Crippen molar-refractivity contribution in [1.29, 1.82) is 0 Å². The monoisotopic (exact) mass is 278 g/mol. The molecule has 1 heterocycles. The lowest BCUT2D eigenvalue weighted by Gasteiger charge is -2.11. The van der Waals surface area contributed by atoms with Crippen molar-refractivity contribution >= 4 is 23.2 Å². The van der Waals surface area contributed by atoms with Gasteiger partial charge < -0.3 is 16.4 Å². The largest absolute Gasteiger partial charge is 0.393 e. The molecule has 1 aromatic rings. The molecule has 1 saturated heterocycles. The SMILES string of the molecule is Nc1cccc(C(=O)NCC2CCC(=O)N2)c1[N+](=O)[O-]. The van der Waals surface area contributed by atoms with Crippen molar-refractivity contribution in [1.82, 2.24) is 10.6 Å². The van der Waals surface area contributed by atoms with E-state index in [1.54, 1.807) is 0 Å². The van der Waals surface area contributed by atoms with Crippen LogP contribution in [0.2, 0.25) is 0 Å². The van der Waals surface area contributed by atoms with E-state index in [-0.39, 0.29) is 29.7 Å². The summed E-state index contributed by atoms with van der Waals surface area (Å²) in [5, 5.41) is 16.2. The van der Waals surface area contributed by atoms with Crippen LogP contribution in [-0.2, 0) is 4.79 Å². The highest BCUT2D eigenvalue weighted by Crippen LogP contribution is 2.25. The quantitative estimate of drug-likeness (QED) is 0.411. The van der Waals surface area contributed by atoms with E-state index in [9.17, 15) is 19.7 Å². The third kappa shape index (κ3) is 2.85. The molecule has 8 nitrogen and oxygen atoms in total. The predicted molar refractivity (Wildman–Crippen MR) is 71.0 cm³/mol. The van der Waals surface area contributed by atoms with Gasteiger partial charge in [-0.2, -0.15) is 0 Å². The molecule has 1 aliphatic heterocycles. The molecule has 1 atom stereocenters. The molecule has 0 aliphatic carbocycles. The van der Waals surface area contributed by atoms with Crippen molar-refractivity contribution in [2.24, 2.45) is 0 Å². The smallest absolute Gasteiger partial charge is 0.304 e. The van der Waals surface area contributed by atoms with Crippen LogP contribution in [0.5, 0.6) is 0 Å². The number of hydrogen-bond donors (Lipinski definition) is 3. The zero-order valence-electron chi connectivity index (χ0n) is 10.6. The Morgan fingerprint density at radius 2 is 2.30 bits per heavy atom. The van der Waals surface area contributed by atoms with Crippen molar-refractivity contribution in [3.8, 4) is 0 Å². The summed E-state index contributed by atoms with van der Waals surface area (Å²) in [6.07, 6.45) is 1.07. The van der Waals surface area contributed by atoms with Gasteiger partial charge in [-0.25, -0.2) is 0 Å². The third-order valence-corrected chi connectivity index (χ3v) is 3.09. The van der Waals surface area contributed by atoms with Gasteiger partial charge in [-0.1, -0.05) is 6.07 Å². The van der Waals surface area contributed by atoms with Gasteiger partial charge in [0.1, 0.15) is 11.3 Å². The Bertz CT molecular complexity index is 573. The highest BCUT2D eigenvalue weighted by molar-refractivity contribution is 6.00. The number of carbonyl (C=O) groups is 2. The van der Waals surface area contributed by atoms with Gasteiger partial charge in [-0.15, -0.1) is 0 Å². The second-order valence-electron chi connectivity index (χ2n) is 4.51. The van der Waals surface area contributed by atoms with Crippen LogP contribution in [0.3, 0.4) is 0 Å². The van der Waals surface area contributed by atoms with Crippen molar-refractivity contribution in [2.45, 2.75) is 18.9 Å². The second-order valence-corrected chi connectivity index (χ2v) is 4.51. The van der Waals surface area contributed by atoms with Gasteiger partial charge >= 0.3 is 5.69 Å². The molecule has 1 fully saturated rings. The number of hydrogen-bond acceptors (Lipinski definition) is 5. The highest BCUT2D eigenvalue weighted by atomic mass is 16.6. The molecule has 4 N–H and O–H groups in total. The fourth-order valence-electron chi connectivity index (χ4n) is 2.09. The fraction of sp³-hybridized carbons (Fsp3) is 0.333. The summed E-state index contributed by atoms with van der Waals surface area (Å²) in [6, 6.07) is 4.06. The van der Waals surface area contributed by atoms with Crippen molar-refractivity contribution in [3.05, 3.63) is 33.9 Å². The number of amides is 2. The molecule has 0 radical (unpaired) electrons. The van der Waals surface area contributed by atoms with E-state index in [0.717, 1.165) is 0 Å². The van der Waals surface area contributed by atoms with Crippen LogP contribution in [0.1, 0.15) is 23.2 Å². The van der Waals surface area contributed by atoms with Crippen molar-refractivity contribution in [3.63, 3.8) is 0 Å². The van der Waals surface area contributed by atoms with Crippen LogP contribution in [0.15, 0.2) is 18.2 Å². The number of anilines is 1. The number of para-hydroxylation sites is 1. The van der Waals surface area contributed by atoms with E-state index in [0.29, 0.717) is 12.8 Å². The average Bonchev–Trinajstić information content (AvgIpc) is 2.81. The minimum atomic E-state index is -0.679. The topological polar surface area (TPSA) is 127 Å². The standard InChI is InChI=1S/C12H14N4O4/c13-9-3-1-2-8(11(9)16(19)20)12(18)14-6-7-4-5-10(17)15-7/h1-3,7H,4-6,13H2,(H,14,18)(H,15,17). The Balaban J connectivity index is 2.08. The van der Waals surface area contributed by atoms with Crippen molar-refractivity contribution < 1.29 is 14.5 Å². The Morgan fingerprint density at radius 1 is 1.55 bits per heavy atom. The number of nitro groups is 1. The molecule has 2 rings (SSSR count). The summed E-state index contributed by atoms with van der Waals surface area (Å²) in [6.45, 7) is 0.233. The first kappa shape index (κ1) is 13.8. The maximum absolute atomic E-state index is 12.0. The van der Waals surface area contributed by atoms with E-state index >= 15 is 0 Å². The number of nitrogens with one attached hydrogen (secondary N) is 2. The fourth-order valence-corrected chi connectivity index (χ4v) is 2.09. The number of nitrogens with two attached hydrogens (primary N) is 1. The normalized spacial score (nSPS) is 17.6. The number of carbonyl (C=O) groups excluding carboxylic acids is 2. The zero-order chi connectivity index (χ0) is 14.7. The molecule has 106 valence electrons. The molecule has 8 heteroatoms. The lowest BCUT2D eigenvalue weighted by Crippen LogP contribution is -2.38. The van der Waals surface area contributed by atoms with E-state index in [1.165, 1.54) is 18.2 Å². The van der Waals surface area contributed by atoms with Crippen LogP contribution in [0.25, 0.3) is 0 Å². The Hall–Kier alpha value is -2.64. The van der Waals surface area contributed by atoms with Crippen LogP contribution in [0, 0.1) is 10.1 Å². The van der Waals surface area contributed by atoms with Crippen LogP contribution in [-0.4, -0.2) is 29.3 Å². The number of nitrogen functional groups attached to an aromatic ring is 1. The van der Waals surface area contributed by atoms with Gasteiger partial charge in [0, 0.05) is 19.0 Å². The molecular weight excluding hydrogens is 264 g/mol. The van der Waals surface area contributed by atoms with E-state index < -0.39 is 16.5 Å². The summed E-state index contributed by atoms with van der Waals surface area (Å²) < 4.78 is 0. The summed E-state index contributed by atoms with van der Waals surface area (Å²) in [4.78, 5) is 33.3. The molecule has 0 spiro atoms. The summed E-state index contributed by atoms with van der Waals surface area (Å²) in [7, 11) is 0. The predicted octanol–water partition coefficient (Wildman–Crippen LogP) is 0.185. The summed E-state index contributed by atoms with van der Waals surface area (Å²) in [5.41, 5.74) is 4.97. The zero-order valence-corrected chi connectivity index (χ0v) is 10.6. The summed E-state index contributed by atoms with van der Waals surface area (Å²) >= 11 is 0. The Morgan fingerprint density at radius 3 is 2.90 bits per heavy atom. The van der Waals surface area contributed by atoms with Crippen LogP contribution >= 0.6 is 0 Å². The number of nitrogens with zero attached hydrogens (tertiary/aromatic N) is 1. The van der Waals surface area contributed by atoms with Crippen LogP contribution < -0.4 is 16.4 Å². The first-order valence-electron chi connectivity index (χ1n) is 6.09. The number of nitro benzene ring substituents is 1. The first-order chi connectivity index (χ1) is 9.49. The van der Waals surface area contributed by atoms with Gasteiger partial charge in [0.25, 0.3) is 5.91 Å².